The first-order chi connectivity index (χ1) is 8.58. The van der Waals surface area contributed by atoms with Crippen LogP contribution in [0.25, 0.3) is 0 Å². The number of hydrogen-bond donors (Lipinski definition) is 2. The van der Waals surface area contributed by atoms with Gasteiger partial charge in [0.15, 0.2) is 5.82 Å². The SMILES string of the molecule is Cc1ccc(C(=O)Nc2ccncc2F)c(N)c1. The molecule has 0 aliphatic rings. The maximum Gasteiger partial charge on any atom is 0.257 e. The van der Waals surface area contributed by atoms with Crippen LogP contribution in [-0.2, 0) is 0 Å². The summed E-state index contributed by atoms with van der Waals surface area (Å²) in [6, 6.07) is 6.46. The van der Waals surface area contributed by atoms with Crippen LogP contribution in [-0.4, -0.2) is 10.9 Å². The van der Waals surface area contributed by atoms with E-state index >= 15 is 0 Å². The second kappa shape index (κ2) is 4.83. The molecule has 1 amide bonds. The molecule has 2 aromatic rings. The number of hydrogen-bond acceptors (Lipinski definition) is 3. The van der Waals surface area contributed by atoms with E-state index in [1.807, 2.05) is 6.92 Å². The van der Waals surface area contributed by atoms with Crippen LogP contribution in [0.3, 0.4) is 0 Å². The first-order valence-electron chi connectivity index (χ1n) is 5.35. The fourth-order valence-corrected chi connectivity index (χ4v) is 1.56. The molecule has 0 spiro atoms. The number of aryl methyl sites for hydroxylation is 1. The number of rotatable bonds is 2. The number of anilines is 2. The number of nitrogens with zero attached hydrogens (tertiary/aromatic N) is 1. The van der Waals surface area contributed by atoms with Crippen LogP contribution in [0.15, 0.2) is 36.7 Å². The van der Waals surface area contributed by atoms with Crippen molar-refractivity contribution in [2.45, 2.75) is 6.92 Å². The molecular weight excluding hydrogens is 233 g/mol. The number of amides is 1. The Morgan fingerprint density at radius 2 is 2.17 bits per heavy atom. The van der Waals surface area contributed by atoms with E-state index in [9.17, 15) is 9.18 Å². The Kier molecular flexibility index (Phi) is 3.23. The molecule has 0 fully saturated rings. The molecule has 0 aliphatic carbocycles. The summed E-state index contributed by atoms with van der Waals surface area (Å²) in [4.78, 5) is 15.5. The molecule has 4 nitrogen and oxygen atoms in total. The van der Waals surface area contributed by atoms with Gasteiger partial charge in [-0.05, 0) is 30.7 Å². The molecule has 1 heterocycles. The molecule has 1 aromatic heterocycles. The van der Waals surface area contributed by atoms with Crippen molar-refractivity contribution in [1.82, 2.24) is 4.98 Å². The van der Waals surface area contributed by atoms with Gasteiger partial charge in [-0.25, -0.2) is 4.39 Å². The molecule has 0 bridgehead atoms. The Bertz CT molecular complexity index is 599. The number of nitrogen functional groups attached to an aromatic ring is 1. The van der Waals surface area contributed by atoms with E-state index in [2.05, 4.69) is 10.3 Å². The minimum Gasteiger partial charge on any atom is -0.398 e. The van der Waals surface area contributed by atoms with Crippen molar-refractivity contribution >= 4 is 17.3 Å². The molecule has 92 valence electrons. The van der Waals surface area contributed by atoms with E-state index in [4.69, 9.17) is 5.73 Å². The predicted octanol–water partition coefficient (Wildman–Crippen LogP) is 2.36. The Balaban J connectivity index is 2.25. The van der Waals surface area contributed by atoms with Crippen LogP contribution < -0.4 is 11.1 Å². The van der Waals surface area contributed by atoms with Gasteiger partial charge >= 0.3 is 0 Å². The Hall–Kier alpha value is -2.43. The summed E-state index contributed by atoms with van der Waals surface area (Å²) in [6.45, 7) is 1.88. The lowest BCUT2D eigenvalue weighted by Gasteiger charge is -2.08. The second-order valence-electron chi connectivity index (χ2n) is 3.90. The van der Waals surface area contributed by atoms with Gasteiger partial charge in [-0.2, -0.15) is 0 Å². The summed E-state index contributed by atoms with van der Waals surface area (Å²) in [7, 11) is 0. The van der Waals surface area contributed by atoms with E-state index in [-0.39, 0.29) is 5.69 Å². The molecular formula is C13H12FN3O. The molecule has 0 atom stereocenters. The maximum atomic E-state index is 13.3. The van der Waals surface area contributed by atoms with Crippen LogP contribution in [0.5, 0.6) is 0 Å². The molecule has 3 N–H and O–H groups in total. The van der Waals surface area contributed by atoms with Crippen molar-refractivity contribution in [3.05, 3.63) is 53.6 Å². The standard InChI is InChI=1S/C13H12FN3O/c1-8-2-3-9(11(15)6-8)13(18)17-12-4-5-16-7-10(12)14/h2-7H,15H2,1H3,(H,16,17,18). The van der Waals surface area contributed by atoms with Crippen molar-refractivity contribution in [1.29, 1.82) is 0 Å². The highest BCUT2D eigenvalue weighted by molar-refractivity contribution is 6.07. The van der Waals surface area contributed by atoms with Gasteiger partial charge in [-0.1, -0.05) is 6.07 Å². The number of pyridine rings is 1. The smallest absolute Gasteiger partial charge is 0.257 e. The van der Waals surface area contributed by atoms with Crippen LogP contribution in [0.4, 0.5) is 15.8 Å². The quantitative estimate of drug-likeness (QED) is 0.798. The Labute approximate surface area is 104 Å². The maximum absolute atomic E-state index is 13.3. The molecule has 5 heteroatoms. The van der Waals surface area contributed by atoms with E-state index in [1.54, 1.807) is 18.2 Å². The third-order valence-corrected chi connectivity index (χ3v) is 2.47. The lowest BCUT2D eigenvalue weighted by Crippen LogP contribution is -2.15. The molecule has 0 saturated heterocycles. The second-order valence-corrected chi connectivity index (χ2v) is 3.90. The van der Waals surface area contributed by atoms with Crippen molar-refractivity contribution < 1.29 is 9.18 Å². The van der Waals surface area contributed by atoms with Crippen molar-refractivity contribution in [3.63, 3.8) is 0 Å². The zero-order valence-electron chi connectivity index (χ0n) is 9.77. The number of carbonyl (C=O) groups is 1. The van der Waals surface area contributed by atoms with E-state index < -0.39 is 11.7 Å². The number of nitrogens with one attached hydrogen (secondary N) is 1. The zero-order valence-corrected chi connectivity index (χ0v) is 9.77. The van der Waals surface area contributed by atoms with Crippen LogP contribution in [0, 0.1) is 12.7 Å². The summed E-state index contributed by atoms with van der Waals surface area (Å²) in [5.74, 6) is -1.03. The van der Waals surface area contributed by atoms with Gasteiger partial charge in [-0.15, -0.1) is 0 Å². The zero-order chi connectivity index (χ0) is 13.1. The summed E-state index contributed by atoms with van der Waals surface area (Å²) >= 11 is 0. The van der Waals surface area contributed by atoms with Crippen molar-refractivity contribution in [2.75, 3.05) is 11.1 Å². The van der Waals surface area contributed by atoms with E-state index in [0.29, 0.717) is 11.3 Å². The third kappa shape index (κ3) is 2.45. The number of carbonyl (C=O) groups excluding carboxylic acids is 1. The lowest BCUT2D eigenvalue weighted by molar-refractivity contribution is 0.102. The van der Waals surface area contributed by atoms with Gasteiger partial charge in [0.05, 0.1) is 17.4 Å². The molecule has 0 aliphatic heterocycles. The molecule has 2 rings (SSSR count). The summed E-state index contributed by atoms with van der Waals surface area (Å²) in [5, 5.41) is 2.45. The normalized spacial score (nSPS) is 10.1. The number of benzene rings is 1. The van der Waals surface area contributed by atoms with Crippen molar-refractivity contribution in [3.8, 4) is 0 Å². The highest BCUT2D eigenvalue weighted by atomic mass is 19.1. The fourth-order valence-electron chi connectivity index (χ4n) is 1.56. The monoisotopic (exact) mass is 245 g/mol. The number of aromatic nitrogens is 1. The molecule has 1 aromatic carbocycles. The molecule has 0 unspecified atom stereocenters. The van der Waals surface area contributed by atoms with Gasteiger partial charge in [0.25, 0.3) is 5.91 Å². The number of nitrogens with two attached hydrogens (primary N) is 1. The summed E-state index contributed by atoms with van der Waals surface area (Å²) < 4.78 is 13.3. The largest absolute Gasteiger partial charge is 0.398 e. The highest BCUT2D eigenvalue weighted by Gasteiger charge is 2.11. The molecule has 18 heavy (non-hydrogen) atoms. The average Bonchev–Trinajstić information content (AvgIpc) is 2.32. The first kappa shape index (κ1) is 12.0. The number of halogens is 1. The van der Waals surface area contributed by atoms with E-state index in [1.165, 1.54) is 12.3 Å². The van der Waals surface area contributed by atoms with Crippen LogP contribution in [0.2, 0.25) is 0 Å². The minimum atomic E-state index is -0.587. The van der Waals surface area contributed by atoms with Gasteiger partial charge in [-0.3, -0.25) is 9.78 Å². The summed E-state index contributed by atoms with van der Waals surface area (Å²) in [5.41, 5.74) is 7.46. The van der Waals surface area contributed by atoms with Crippen molar-refractivity contribution in [2.24, 2.45) is 0 Å². The fraction of sp³-hybridized carbons (Fsp3) is 0.0769. The molecule has 0 saturated carbocycles. The molecule has 0 radical (unpaired) electrons. The average molecular weight is 245 g/mol. The lowest BCUT2D eigenvalue weighted by atomic mass is 10.1. The van der Waals surface area contributed by atoms with Crippen LogP contribution >= 0.6 is 0 Å². The van der Waals surface area contributed by atoms with Gasteiger partial charge in [0, 0.05) is 11.9 Å². The Morgan fingerprint density at radius 3 is 2.83 bits per heavy atom. The third-order valence-electron chi connectivity index (χ3n) is 2.47. The van der Waals surface area contributed by atoms with E-state index in [0.717, 1.165) is 11.8 Å². The van der Waals surface area contributed by atoms with Gasteiger partial charge < -0.3 is 11.1 Å². The first-order valence-corrected chi connectivity index (χ1v) is 5.35. The van der Waals surface area contributed by atoms with Crippen LogP contribution in [0.1, 0.15) is 15.9 Å². The minimum absolute atomic E-state index is 0.0787. The highest BCUT2D eigenvalue weighted by Crippen LogP contribution is 2.17. The predicted molar refractivity (Wildman–Crippen MR) is 67.7 cm³/mol. The van der Waals surface area contributed by atoms with Gasteiger partial charge in [0.2, 0.25) is 0 Å². The topological polar surface area (TPSA) is 68.0 Å². The summed E-state index contributed by atoms with van der Waals surface area (Å²) in [6.07, 6.45) is 2.44. The Morgan fingerprint density at radius 1 is 1.39 bits per heavy atom. The van der Waals surface area contributed by atoms with Gasteiger partial charge in [0.1, 0.15) is 0 Å².